The summed E-state index contributed by atoms with van der Waals surface area (Å²) in [5.41, 5.74) is 2.14. The Bertz CT molecular complexity index is 271. The van der Waals surface area contributed by atoms with E-state index in [1.165, 1.54) is 25.7 Å². The Morgan fingerprint density at radius 2 is 1.65 bits per heavy atom. The summed E-state index contributed by atoms with van der Waals surface area (Å²) in [7, 11) is 0. The van der Waals surface area contributed by atoms with Gasteiger partial charge >= 0.3 is 0 Å². The molecule has 2 aliphatic rings. The van der Waals surface area contributed by atoms with Crippen molar-refractivity contribution in [3.05, 3.63) is 11.6 Å². The Labute approximate surface area is 105 Å². The summed E-state index contributed by atoms with van der Waals surface area (Å²) in [5, 5.41) is 0. The van der Waals surface area contributed by atoms with Crippen LogP contribution in [-0.2, 0) is 9.47 Å². The van der Waals surface area contributed by atoms with E-state index in [0.717, 1.165) is 6.42 Å². The van der Waals surface area contributed by atoms with Gasteiger partial charge in [-0.2, -0.15) is 0 Å². The van der Waals surface area contributed by atoms with Gasteiger partial charge in [0.1, 0.15) is 0 Å². The second-order valence-electron chi connectivity index (χ2n) is 6.37. The lowest BCUT2D eigenvalue weighted by atomic mass is 9.75. The minimum atomic E-state index is -0.0116. The average molecular weight is 238 g/mol. The lowest BCUT2D eigenvalue weighted by Crippen LogP contribution is -2.17. The molecular weight excluding hydrogens is 212 g/mol. The third-order valence-corrected chi connectivity index (χ3v) is 4.24. The van der Waals surface area contributed by atoms with Crippen molar-refractivity contribution in [3.8, 4) is 0 Å². The summed E-state index contributed by atoms with van der Waals surface area (Å²) in [6, 6.07) is 0. The summed E-state index contributed by atoms with van der Waals surface area (Å²) < 4.78 is 11.5. The maximum atomic E-state index is 5.74. The monoisotopic (exact) mass is 238 g/mol. The van der Waals surface area contributed by atoms with E-state index in [1.54, 1.807) is 5.57 Å². The Balaban J connectivity index is 1.78. The molecule has 2 unspecified atom stereocenters. The van der Waals surface area contributed by atoms with E-state index in [1.807, 2.05) is 0 Å². The van der Waals surface area contributed by atoms with Gasteiger partial charge in [0.25, 0.3) is 0 Å². The van der Waals surface area contributed by atoms with Gasteiger partial charge in [-0.15, -0.1) is 0 Å². The zero-order chi connectivity index (χ0) is 12.5. The Kier molecular flexibility index (Phi) is 3.94. The Morgan fingerprint density at radius 1 is 1.12 bits per heavy atom. The minimum Gasteiger partial charge on any atom is -0.347 e. The molecule has 2 nitrogen and oxygen atoms in total. The first-order valence-corrected chi connectivity index (χ1v) is 6.95. The second kappa shape index (κ2) is 5.11. The van der Waals surface area contributed by atoms with Crippen LogP contribution in [0.1, 0.15) is 59.8 Å². The van der Waals surface area contributed by atoms with E-state index in [-0.39, 0.29) is 18.5 Å². The predicted octanol–water partition coefficient (Wildman–Crippen LogP) is 4.05. The standard InChI is InChI=1S/C15H26O2/c1-11-12(2)17-14(16-11)6-5-13-7-9-15(3,4)10-8-13/h5,11-12,14H,6-10H2,1-4H3. The van der Waals surface area contributed by atoms with Crippen molar-refractivity contribution in [2.45, 2.75) is 78.3 Å². The lowest BCUT2D eigenvalue weighted by Gasteiger charge is -2.30. The summed E-state index contributed by atoms with van der Waals surface area (Å²) in [5.74, 6) is 0. The summed E-state index contributed by atoms with van der Waals surface area (Å²) in [6.07, 6.45) is 8.88. The molecule has 2 heteroatoms. The molecule has 0 aromatic rings. The maximum absolute atomic E-state index is 5.74. The number of allylic oxidation sites excluding steroid dienone is 1. The van der Waals surface area contributed by atoms with Crippen LogP contribution >= 0.6 is 0 Å². The highest BCUT2D eigenvalue weighted by molar-refractivity contribution is 5.07. The van der Waals surface area contributed by atoms with E-state index < -0.39 is 0 Å². The van der Waals surface area contributed by atoms with Crippen LogP contribution in [-0.4, -0.2) is 18.5 Å². The van der Waals surface area contributed by atoms with E-state index in [2.05, 4.69) is 33.8 Å². The van der Waals surface area contributed by atoms with Crippen molar-refractivity contribution in [1.29, 1.82) is 0 Å². The third kappa shape index (κ3) is 3.56. The largest absolute Gasteiger partial charge is 0.347 e. The van der Waals surface area contributed by atoms with Gasteiger partial charge in [-0.1, -0.05) is 25.5 Å². The number of hydrogen-bond donors (Lipinski definition) is 0. The molecule has 2 fully saturated rings. The number of rotatable bonds is 2. The highest BCUT2D eigenvalue weighted by Gasteiger charge is 2.29. The maximum Gasteiger partial charge on any atom is 0.161 e. The highest BCUT2D eigenvalue weighted by Crippen LogP contribution is 2.38. The Morgan fingerprint density at radius 3 is 2.18 bits per heavy atom. The zero-order valence-corrected chi connectivity index (χ0v) is 11.7. The van der Waals surface area contributed by atoms with Crippen LogP contribution in [0.5, 0.6) is 0 Å². The molecule has 0 aromatic heterocycles. The molecule has 0 N–H and O–H groups in total. The van der Waals surface area contributed by atoms with E-state index in [4.69, 9.17) is 9.47 Å². The topological polar surface area (TPSA) is 18.5 Å². The van der Waals surface area contributed by atoms with Gasteiger partial charge in [-0.05, 0) is 44.9 Å². The highest BCUT2D eigenvalue weighted by atomic mass is 16.7. The van der Waals surface area contributed by atoms with Gasteiger partial charge in [-0.25, -0.2) is 0 Å². The van der Waals surface area contributed by atoms with Crippen LogP contribution in [0.4, 0.5) is 0 Å². The van der Waals surface area contributed by atoms with Crippen molar-refractivity contribution in [2.24, 2.45) is 5.41 Å². The van der Waals surface area contributed by atoms with Crippen molar-refractivity contribution in [1.82, 2.24) is 0 Å². The quantitative estimate of drug-likeness (QED) is 0.676. The van der Waals surface area contributed by atoms with Gasteiger partial charge < -0.3 is 9.47 Å². The van der Waals surface area contributed by atoms with Crippen LogP contribution in [0.2, 0.25) is 0 Å². The summed E-state index contributed by atoms with van der Waals surface area (Å²) in [4.78, 5) is 0. The Hall–Kier alpha value is -0.340. The molecule has 1 saturated carbocycles. The molecule has 1 aliphatic heterocycles. The van der Waals surface area contributed by atoms with Crippen molar-refractivity contribution < 1.29 is 9.47 Å². The molecule has 17 heavy (non-hydrogen) atoms. The molecular formula is C15H26O2. The first kappa shape index (κ1) is 13.1. The van der Waals surface area contributed by atoms with Crippen molar-refractivity contribution in [3.63, 3.8) is 0 Å². The summed E-state index contributed by atoms with van der Waals surface area (Å²) >= 11 is 0. The molecule has 1 aliphatic carbocycles. The number of hydrogen-bond acceptors (Lipinski definition) is 2. The lowest BCUT2D eigenvalue weighted by molar-refractivity contribution is -0.0590. The van der Waals surface area contributed by atoms with Crippen LogP contribution in [0.3, 0.4) is 0 Å². The van der Waals surface area contributed by atoms with Crippen molar-refractivity contribution in [2.75, 3.05) is 0 Å². The smallest absolute Gasteiger partial charge is 0.161 e. The summed E-state index contributed by atoms with van der Waals surface area (Å²) in [6.45, 7) is 8.91. The molecule has 2 atom stereocenters. The van der Waals surface area contributed by atoms with Gasteiger partial charge in [0, 0.05) is 6.42 Å². The normalized spacial score (nSPS) is 37.2. The SMILES string of the molecule is CC1OC(CC=C2CCC(C)(C)CC2)OC1C. The van der Waals surface area contributed by atoms with E-state index >= 15 is 0 Å². The van der Waals surface area contributed by atoms with Crippen LogP contribution in [0.25, 0.3) is 0 Å². The molecule has 1 heterocycles. The molecule has 0 spiro atoms. The molecule has 0 amide bonds. The van der Waals surface area contributed by atoms with Gasteiger partial charge in [0.15, 0.2) is 6.29 Å². The van der Waals surface area contributed by atoms with Crippen LogP contribution < -0.4 is 0 Å². The zero-order valence-electron chi connectivity index (χ0n) is 11.7. The third-order valence-electron chi connectivity index (χ3n) is 4.24. The van der Waals surface area contributed by atoms with Gasteiger partial charge in [0.05, 0.1) is 12.2 Å². The fourth-order valence-corrected chi connectivity index (χ4v) is 2.56. The fourth-order valence-electron chi connectivity index (χ4n) is 2.56. The van der Waals surface area contributed by atoms with Gasteiger partial charge in [-0.3, -0.25) is 0 Å². The first-order chi connectivity index (χ1) is 7.96. The van der Waals surface area contributed by atoms with E-state index in [9.17, 15) is 0 Å². The fraction of sp³-hybridized carbons (Fsp3) is 0.867. The first-order valence-electron chi connectivity index (χ1n) is 6.95. The van der Waals surface area contributed by atoms with Crippen molar-refractivity contribution >= 4 is 0 Å². The van der Waals surface area contributed by atoms with Crippen LogP contribution in [0.15, 0.2) is 11.6 Å². The molecule has 2 rings (SSSR count). The van der Waals surface area contributed by atoms with Gasteiger partial charge in [0.2, 0.25) is 0 Å². The predicted molar refractivity (Wildman–Crippen MR) is 69.8 cm³/mol. The number of ether oxygens (including phenoxy) is 2. The average Bonchev–Trinajstić information content (AvgIpc) is 2.57. The second-order valence-corrected chi connectivity index (χ2v) is 6.37. The molecule has 0 radical (unpaired) electrons. The molecule has 1 saturated heterocycles. The molecule has 0 bridgehead atoms. The van der Waals surface area contributed by atoms with E-state index in [0.29, 0.717) is 5.41 Å². The molecule has 0 aromatic carbocycles. The van der Waals surface area contributed by atoms with Crippen LogP contribution in [0, 0.1) is 5.41 Å². The minimum absolute atomic E-state index is 0.0116. The molecule has 98 valence electrons.